The summed E-state index contributed by atoms with van der Waals surface area (Å²) in [6, 6.07) is 2.87. The number of rotatable bonds is 3. The molecule has 1 aliphatic rings. The molecule has 1 fully saturated rings. The quantitative estimate of drug-likeness (QED) is 0.824. The highest BCUT2D eigenvalue weighted by Crippen LogP contribution is 2.58. The standard InChI is InChI=1S/C13H21NS/c1-8-6-9(2)15-12(8)11(14-5)10-7-13(10,3)4/h6,10-11,14H,7H2,1-5H3. The van der Waals surface area contributed by atoms with Gasteiger partial charge in [-0.1, -0.05) is 13.8 Å². The van der Waals surface area contributed by atoms with Gasteiger partial charge in [-0.3, -0.25) is 0 Å². The van der Waals surface area contributed by atoms with Gasteiger partial charge in [-0.05, 0) is 50.3 Å². The molecule has 1 heterocycles. The largest absolute Gasteiger partial charge is 0.312 e. The fourth-order valence-electron chi connectivity index (χ4n) is 2.56. The van der Waals surface area contributed by atoms with E-state index in [0.717, 1.165) is 5.92 Å². The highest BCUT2D eigenvalue weighted by molar-refractivity contribution is 7.12. The van der Waals surface area contributed by atoms with Crippen molar-refractivity contribution in [3.63, 3.8) is 0 Å². The van der Waals surface area contributed by atoms with E-state index in [4.69, 9.17) is 0 Å². The van der Waals surface area contributed by atoms with Crippen molar-refractivity contribution in [3.05, 3.63) is 21.4 Å². The first-order valence-corrected chi connectivity index (χ1v) is 6.51. The maximum absolute atomic E-state index is 3.50. The second-order valence-electron chi connectivity index (χ2n) is 5.47. The molecule has 1 N–H and O–H groups in total. The molecule has 0 bridgehead atoms. The number of hydrogen-bond donors (Lipinski definition) is 1. The van der Waals surface area contributed by atoms with E-state index in [2.05, 4.69) is 46.1 Å². The molecule has 2 heteroatoms. The van der Waals surface area contributed by atoms with E-state index in [1.54, 1.807) is 4.88 Å². The van der Waals surface area contributed by atoms with Gasteiger partial charge in [0, 0.05) is 15.8 Å². The molecule has 0 radical (unpaired) electrons. The highest BCUT2D eigenvalue weighted by Gasteiger charge is 2.50. The molecule has 15 heavy (non-hydrogen) atoms. The van der Waals surface area contributed by atoms with Gasteiger partial charge in [-0.25, -0.2) is 0 Å². The average Bonchev–Trinajstić information content (AvgIpc) is 2.60. The summed E-state index contributed by atoms with van der Waals surface area (Å²) in [6.07, 6.45) is 1.36. The van der Waals surface area contributed by atoms with Gasteiger partial charge < -0.3 is 5.32 Å². The molecule has 1 aliphatic carbocycles. The summed E-state index contributed by atoms with van der Waals surface area (Å²) in [6.45, 7) is 9.18. The molecule has 2 unspecified atom stereocenters. The lowest BCUT2D eigenvalue weighted by atomic mass is 10.0. The van der Waals surface area contributed by atoms with Crippen LogP contribution in [-0.4, -0.2) is 7.05 Å². The van der Waals surface area contributed by atoms with Gasteiger partial charge in [0.2, 0.25) is 0 Å². The third-order valence-electron chi connectivity index (χ3n) is 3.66. The third kappa shape index (κ3) is 1.98. The van der Waals surface area contributed by atoms with E-state index in [9.17, 15) is 0 Å². The Balaban J connectivity index is 2.24. The number of nitrogens with one attached hydrogen (secondary N) is 1. The molecule has 1 saturated carbocycles. The summed E-state index contributed by atoms with van der Waals surface area (Å²) >= 11 is 1.95. The van der Waals surface area contributed by atoms with E-state index in [1.807, 2.05) is 11.3 Å². The van der Waals surface area contributed by atoms with Crippen LogP contribution in [0.2, 0.25) is 0 Å². The Bertz CT molecular complexity index is 365. The fourth-order valence-corrected chi connectivity index (χ4v) is 3.77. The van der Waals surface area contributed by atoms with Crippen LogP contribution in [0.4, 0.5) is 0 Å². The normalized spacial score (nSPS) is 25.3. The lowest BCUT2D eigenvalue weighted by molar-refractivity contribution is 0.445. The molecule has 0 spiro atoms. The van der Waals surface area contributed by atoms with E-state index in [-0.39, 0.29) is 0 Å². The number of aryl methyl sites for hydroxylation is 2. The molecular weight excluding hydrogens is 202 g/mol. The Morgan fingerprint density at radius 2 is 2.07 bits per heavy atom. The van der Waals surface area contributed by atoms with Crippen LogP contribution in [0.25, 0.3) is 0 Å². The van der Waals surface area contributed by atoms with Crippen LogP contribution >= 0.6 is 11.3 Å². The van der Waals surface area contributed by atoms with Crippen LogP contribution in [0.15, 0.2) is 6.07 Å². The van der Waals surface area contributed by atoms with Gasteiger partial charge in [0.15, 0.2) is 0 Å². The molecule has 0 aliphatic heterocycles. The highest BCUT2D eigenvalue weighted by atomic mass is 32.1. The van der Waals surface area contributed by atoms with E-state index in [0.29, 0.717) is 11.5 Å². The second kappa shape index (κ2) is 3.60. The van der Waals surface area contributed by atoms with Crippen LogP contribution in [-0.2, 0) is 0 Å². The van der Waals surface area contributed by atoms with Crippen molar-refractivity contribution in [3.8, 4) is 0 Å². The zero-order chi connectivity index (χ0) is 11.2. The van der Waals surface area contributed by atoms with Crippen molar-refractivity contribution in [2.24, 2.45) is 11.3 Å². The zero-order valence-corrected chi connectivity index (χ0v) is 11.2. The molecule has 84 valence electrons. The predicted molar refractivity (Wildman–Crippen MR) is 67.5 cm³/mol. The minimum Gasteiger partial charge on any atom is -0.312 e. The minimum absolute atomic E-state index is 0.540. The molecule has 2 atom stereocenters. The SMILES string of the molecule is CNC(c1sc(C)cc1C)C1CC1(C)C. The maximum Gasteiger partial charge on any atom is 0.0449 e. The summed E-state index contributed by atoms with van der Waals surface area (Å²) in [7, 11) is 2.09. The van der Waals surface area contributed by atoms with Gasteiger partial charge in [-0.15, -0.1) is 11.3 Å². The molecule has 2 rings (SSSR count). The van der Waals surface area contributed by atoms with E-state index < -0.39 is 0 Å². The van der Waals surface area contributed by atoms with Crippen molar-refractivity contribution in [2.75, 3.05) is 7.05 Å². The Morgan fingerprint density at radius 1 is 1.47 bits per heavy atom. The molecule has 0 saturated heterocycles. The lowest BCUT2D eigenvalue weighted by Crippen LogP contribution is -2.20. The molecule has 1 aromatic rings. The Labute approximate surface area is 96.9 Å². The zero-order valence-electron chi connectivity index (χ0n) is 10.3. The second-order valence-corrected chi connectivity index (χ2v) is 6.76. The van der Waals surface area contributed by atoms with Gasteiger partial charge in [0.25, 0.3) is 0 Å². The maximum atomic E-state index is 3.50. The van der Waals surface area contributed by atoms with Gasteiger partial charge in [0.1, 0.15) is 0 Å². The molecule has 0 amide bonds. The van der Waals surface area contributed by atoms with Crippen LogP contribution < -0.4 is 5.32 Å². The third-order valence-corrected chi connectivity index (χ3v) is 4.90. The summed E-state index contributed by atoms with van der Waals surface area (Å²) in [5.41, 5.74) is 2.00. The first kappa shape index (κ1) is 11.2. The van der Waals surface area contributed by atoms with Crippen molar-refractivity contribution in [1.82, 2.24) is 5.32 Å². The summed E-state index contributed by atoms with van der Waals surface area (Å²) in [4.78, 5) is 2.98. The minimum atomic E-state index is 0.540. The number of thiophene rings is 1. The van der Waals surface area contributed by atoms with E-state index >= 15 is 0 Å². The molecule has 1 aromatic heterocycles. The van der Waals surface area contributed by atoms with Crippen molar-refractivity contribution in [2.45, 2.75) is 40.2 Å². The predicted octanol–water partition coefficient (Wildman–Crippen LogP) is 3.67. The summed E-state index contributed by atoms with van der Waals surface area (Å²) < 4.78 is 0. The Morgan fingerprint density at radius 3 is 2.40 bits per heavy atom. The molecular formula is C13H21NS. The van der Waals surface area contributed by atoms with E-state index in [1.165, 1.54) is 16.9 Å². The van der Waals surface area contributed by atoms with Gasteiger partial charge in [-0.2, -0.15) is 0 Å². The topological polar surface area (TPSA) is 12.0 Å². The van der Waals surface area contributed by atoms with Crippen LogP contribution in [0.3, 0.4) is 0 Å². The van der Waals surface area contributed by atoms with Crippen molar-refractivity contribution in [1.29, 1.82) is 0 Å². The smallest absolute Gasteiger partial charge is 0.0449 e. The number of hydrogen-bond acceptors (Lipinski definition) is 2. The van der Waals surface area contributed by atoms with Crippen LogP contribution in [0, 0.1) is 25.2 Å². The van der Waals surface area contributed by atoms with Crippen LogP contribution in [0.1, 0.15) is 41.6 Å². The van der Waals surface area contributed by atoms with Gasteiger partial charge in [0.05, 0.1) is 0 Å². The first-order chi connectivity index (χ1) is 6.95. The summed E-state index contributed by atoms with van der Waals surface area (Å²) in [5.74, 6) is 0.819. The van der Waals surface area contributed by atoms with Crippen molar-refractivity contribution >= 4 is 11.3 Å². The van der Waals surface area contributed by atoms with Crippen molar-refractivity contribution < 1.29 is 0 Å². The fraction of sp³-hybridized carbons (Fsp3) is 0.692. The average molecular weight is 223 g/mol. The summed E-state index contributed by atoms with van der Waals surface area (Å²) in [5, 5.41) is 3.50. The Kier molecular flexibility index (Phi) is 2.68. The van der Waals surface area contributed by atoms with Crippen LogP contribution in [0.5, 0.6) is 0 Å². The van der Waals surface area contributed by atoms with Gasteiger partial charge >= 0.3 is 0 Å². The lowest BCUT2D eigenvalue weighted by Gasteiger charge is -2.17. The molecule has 0 aromatic carbocycles. The Hall–Kier alpha value is -0.340. The first-order valence-electron chi connectivity index (χ1n) is 5.70. The molecule has 1 nitrogen and oxygen atoms in total. The monoisotopic (exact) mass is 223 g/mol.